The molecule has 5 heteroatoms. The summed E-state index contributed by atoms with van der Waals surface area (Å²) in [5, 5.41) is 6.83. The zero-order valence-electron chi connectivity index (χ0n) is 5.67. The predicted molar refractivity (Wildman–Crippen MR) is 36.7 cm³/mol. The van der Waals surface area contributed by atoms with E-state index in [0.717, 1.165) is 13.8 Å². The lowest BCUT2D eigenvalue weighted by atomic mass is 10.5. The minimum Gasteiger partial charge on any atom is -0.288 e. The van der Waals surface area contributed by atoms with Gasteiger partial charge in [-0.15, -0.1) is 0 Å². The Hall–Kier alpha value is -0.890. The summed E-state index contributed by atoms with van der Waals surface area (Å²) in [5.74, 6) is -0.615. The van der Waals surface area contributed by atoms with Gasteiger partial charge in [-0.05, 0) is 0 Å². The Morgan fingerprint density at radius 3 is 1.80 bits per heavy atom. The highest BCUT2D eigenvalue weighted by molar-refractivity contribution is 7.81. The highest BCUT2D eigenvalue weighted by Crippen LogP contribution is 2.22. The molecule has 0 amide bonds. The molecule has 0 saturated carbocycles. The second-order valence-corrected chi connectivity index (χ2v) is 3.38. The standard InChI is InChI=1S/C5H7NO3P/c1-3(7)5(6)10(9)4(2)8/h6H,1-2H3/q+1. The fraction of sp³-hybridized carbons (Fsp3) is 0.400. The lowest BCUT2D eigenvalue weighted by molar-refractivity contribution is -0.112. The smallest absolute Gasteiger partial charge is 0.288 e. The van der Waals surface area contributed by atoms with Crippen LogP contribution in [0, 0.1) is 5.41 Å². The molecule has 0 aliphatic heterocycles. The molecular formula is C5H7NO3P+. The first kappa shape index (κ1) is 9.11. The van der Waals surface area contributed by atoms with E-state index in [1.54, 1.807) is 0 Å². The quantitative estimate of drug-likeness (QED) is 0.492. The molecule has 0 spiro atoms. The molecule has 0 aliphatic carbocycles. The molecule has 10 heavy (non-hydrogen) atoms. The number of nitrogens with one attached hydrogen (secondary N) is 1. The molecule has 1 atom stereocenters. The van der Waals surface area contributed by atoms with Gasteiger partial charge in [0, 0.05) is 13.8 Å². The molecule has 0 bridgehead atoms. The normalized spacial score (nSPS) is 10.4. The fourth-order valence-electron chi connectivity index (χ4n) is 0.300. The maximum Gasteiger partial charge on any atom is 0.476 e. The van der Waals surface area contributed by atoms with Gasteiger partial charge in [-0.25, -0.2) is 4.79 Å². The highest BCUT2D eigenvalue weighted by Gasteiger charge is 2.33. The second kappa shape index (κ2) is 3.32. The third-order valence-corrected chi connectivity index (χ3v) is 2.12. The molecule has 4 nitrogen and oxygen atoms in total. The van der Waals surface area contributed by atoms with Crippen molar-refractivity contribution in [2.45, 2.75) is 13.8 Å². The van der Waals surface area contributed by atoms with E-state index in [1.165, 1.54) is 0 Å². The summed E-state index contributed by atoms with van der Waals surface area (Å²) >= 11 is 0. The van der Waals surface area contributed by atoms with Crippen LogP contribution in [0.2, 0.25) is 0 Å². The van der Waals surface area contributed by atoms with E-state index in [4.69, 9.17) is 5.41 Å². The molecule has 1 unspecified atom stereocenters. The van der Waals surface area contributed by atoms with Crippen LogP contribution in [0.1, 0.15) is 13.8 Å². The summed E-state index contributed by atoms with van der Waals surface area (Å²) in [4.78, 5) is 20.6. The monoisotopic (exact) mass is 160 g/mol. The summed E-state index contributed by atoms with van der Waals surface area (Å²) in [6, 6.07) is 0. The molecule has 54 valence electrons. The van der Waals surface area contributed by atoms with Crippen LogP contribution < -0.4 is 0 Å². The van der Waals surface area contributed by atoms with Gasteiger partial charge in [0.1, 0.15) is 0 Å². The average molecular weight is 160 g/mol. The number of carbonyl (C=O) groups excluding carboxylic acids is 2. The molecule has 0 rings (SSSR count). The van der Waals surface area contributed by atoms with Crippen molar-refractivity contribution in [1.29, 1.82) is 5.41 Å². The number of rotatable bonds is 3. The van der Waals surface area contributed by atoms with Gasteiger partial charge in [0.2, 0.25) is 5.78 Å². The van der Waals surface area contributed by atoms with Crippen LogP contribution in [0.3, 0.4) is 0 Å². The Bertz CT molecular complexity index is 197. The Labute approximate surface area is 58.9 Å². The summed E-state index contributed by atoms with van der Waals surface area (Å²) < 4.78 is 10.6. The van der Waals surface area contributed by atoms with Crippen LogP contribution in [-0.2, 0) is 14.2 Å². The summed E-state index contributed by atoms with van der Waals surface area (Å²) in [6.45, 7) is 2.20. The third-order valence-electron chi connectivity index (χ3n) is 0.823. The number of hydrogen-bond acceptors (Lipinski definition) is 4. The Morgan fingerprint density at radius 1 is 1.30 bits per heavy atom. The molecule has 1 N–H and O–H groups in total. The van der Waals surface area contributed by atoms with Crippen molar-refractivity contribution in [2.24, 2.45) is 0 Å². The van der Waals surface area contributed by atoms with Gasteiger partial charge in [0.05, 0.1) is 0 Å². The van der Waals surface area contributed by atoms with Crippen LogP contribution in [-0.4, -0.2) is 16.8 Å². The molecule has 0 radical (unpaired) electrons. The van der Waals surface area contributed by atoms with Crippen molar-refractivity contribution in [2.75, 3.05) is 0 Å². The molecule has 0 aromatic heterocycles. The summed E-state index contributed by atoms with van der Waals surface area (Å²) in [6.07, 6.45) is 0. The molecule has 0 aliphatic rings. The van der Waals surface area contributed by atoms with Gasteiger partial charge in [0.15, 0.2) is 0 Å². The van der Waals surface area contributed by atoms with Gasteiger partial charge in [-0.2, -0.15) is 0 Å². The van der Waals surface area contributed by atoms with E-state index in [1.807, 2.05) is 0 Å². The highest BCUT2D eigenvalue weighted by atomic mass is 31.1. The van der Waals surface area contributed by atoms with Crippen molar-refractivity contribution in [3.63, 3.8) is 0 Å². The van der Waals surface area contributed by atoms with Crippen LogP contribution in [0.4, 0.5) is 0 Å². The van der Waals surface area contributed by atoms with Crippen LogP contribution >= 0.6 is 7.80 Å². The largest absolute Gasteiger partial charge is 0.476 e. The van der Waals surface area contributed by atoms with E-state index in [9.17, 15) is 14.2 Å². The van der Waals surface area contributed by atoms with Crippen molar-refractivity contribution in [3.8, 4) is 0 Å². The van der Waals surface area contributed by atoms with Crippen LogP contribution in [0.25, 0.3) is 0 Å². The maximum atomic E-state index is 10.6. The van der Waals surface area contributed by atoms with E-state index in [-0.39, 0.29) is 0 Å². The average Bonchev–Trinajstić information content (AvgIpc) is 1.84. The van der Waals surface area contributed by atoms with E-state index < -0.39 is 24.6 Å². The Morgan fingerprint density at radius 2 is 1.70 bits per heavy atom. The lowest BCUT2D eigenvalue weighted by Crippen LogP contribution is -2.05. The molecule has 0 aromatic carbocycles. The van der Waals surface area contributed by atoms with Crippen LogP contribution in [0.5, 0.6) is 0 Å². The van der Waals surface area contributed by atoms with Gasteiger partial charge >= 0.3 is 18.8 Å². The second-order valence-electron chi connectivity index (χ2n) is 1.72. The SMILES string of the molecule is CC(=O)C(=N)[P+](=O)C(C)=O. The predicted octanol–water partition coefficient (Wildman–Crippen LogP) is 0.927. The van der Waals surface area contributed by atoms with Gasteiger partial charge in [-0.1, -0.05) is 4.57 Å². The van der Waals surface area contributed by atoms with Gasteiger partial charge in [0.25, 0.3) is 0 Å². The fourth-order valence-corrected chi connectivity index (χ4v) is 0.901. The first-order valence-corrected chi connectivity index (χ1v) is 3.80. The van der Waals surface area contributed by atoms with E-state index >= 15 is 0 Å². The van der Waals surface area contributed by atoms with Gasteiger partial charge < -0.3 is 0 Å². The zero-order chi connectivity index (χ0) is 8.31. The number of carbonyl (C=O) groups is 2. The molecule has 0 saturated heterocycles. The Kier molecular flexibility index (Phi) is 3.03. The molecule has 0 aromatic rings. The van der Waals surface area contributed by atoms with E-state index in [0.29, 0.717) is 0 Å². The zero-order valence-corrected chi connectivity index (χ0v) is 6.57. The minimum atomic E-state index is -2.40. The van der Waals surface area contributed by atoms with Crippen molar-refractivity contribution in [1.82, 2.24) is 0 Å². The molecule has 0 fully saturated rings. The summed E-state index contributed by atoms with van der Waals surface area (Å²) in [7, 11) is -2.40. The summed E-state index contributed by atoms with van der Waals surface area (Å²) in [5.41, 5.74) is -1.22. The Balaban J connectivity index is 4.39. The third kappa shape index (κ3) is 2.15. The lowest BCUT2D eigenvalue weighted by Gasteiger charge is -1.77. The van der Waals surface area contributed by atoms with Gasteiger partial charge in [-0.3, -0.25) is 10.2 Å². The minimum absolute atomic E-state index is 0.595. The van der Waals surface area contributed by atoms with Crippen molar-refractivity contribution >= 4 is 24.6 Å². The molecular weight excluding hydrogens is 153 g/mol. The number of Topliss-reactive ketones (excluding diaryl/α,β-unsaturated/α-hetero) is 1. The first-order valence-electron chi connectivity index (χ1n) is 2.54. The van der Waals surface area contributed by atoms with E-state index in [2.05, 4.69) is 0 Å². The maximum absolute atomic E-state index is 10.6. The first-order chi connectivity index (χ1) is 4.46. The molecule has 0 heterocycles. The topological polar surface area (TPSA) is 75.1 Å². The van der Waals surface area contributed by atoms with Crippen molar-refractivity contribution in [3.05, 3.63) is 0 Å². The van der Waals surface area contributed by atoms with Crippen molar-refractivity contribution < 1.29 is 14.2 Å². The van der Waals surface area contributed by atoms with Crippen LogP contribution in [0.15, 0.2) is 0 Å². The number of ketones is 1. The number of hydrogen-bond donors (Lipinski definition) is 1.